The first-order valence-electron chi connectivity index (χ1n) is 6.39. The maximum absolute atomic E-state index is 5.95. The van der Waals surface area contributed by atoms with E-state index in [1.54, 1.807) is 0 Å². The number of fused-ring (bicyclic) bond motifs is 1. The molecule has 3 nitrogen and oxygen atoms in total. The first-order valence-corrected chi connectivity index (χ1v) is 6.39. The molecular weight excluding hydrogens is 210 g/mol. The Hall–Kier alpha value is -1.51. The van der Waals surface area contributed by atoms with Gasteiger partial charge in [-0.3, -0.25) is 0 Å². The molecule has 2 aromatic rings. The Kier molecular flexibility index (Phi) is 3.67. The quantitative estimate of drug-likeness (QED) is 0.801. The molecule has 0 spiro atoms. The maximum Gasteiger partial charge on any atom is 0.201 e. The van der Waals surface area contributed by atoms with Crippen LogP contribution >= 0.6 is 0 Å². The molecule has 0 aliphatic heterocycles. The number of hydrogen-bond acceptors (Lipinski definition) is 2. The average Bonchev–Trinajstić information content (AvgIpc) is 2.60. The summed E-state index contributed by atoms with van der Waals surface area (Å²) < 4.78 is 2.12. The topological polar surface area (TPSA) is 43.8 Å². The number of aromatic nitrogens is 2. The van der Waals surface area contributed by atoms with Crippen LogP contribution in [0.4, 0.5) is 5.95 Å². The molecule has 1 aromatic carbocycles. The van der Waals surface area contributed by atoms with Crippen LogP contribution in [0.25, 0.3) is 11.0 Å². The molecule has 0 radical (unpaired) electrons. The molecule has 92 valence electrons. The van der Waals surface area contributed by atoms with Gasteiger partial charge in [0.2, 0.25) is 5.95 Å². The first kappa shape index (κ1) is 12.0. The van der Waals surface area contributed by atoms with Gasteiger partial charge in [-0.25, -0.2) is 4.98 Å². The molecule has 0 aliphatic rings. The fourth-order valence-corrected chi connectivity index (χ4v) is 2.15. The van der Waals surface area contributed by atoms with E-state index < -0.39 is 0 Å². The van der Waals surface area contributed by atoms with Gasteiger partial charge in [-0.2, -0.15) is 0 Å². The number of hydrogen-bond donors (Lipinski definition) is 1. The Morgan fingerprint density at radius 1 is 1.24 bits per heavy atom. The zero-order chi connectivity index (χ0) is 12.3. The van der Waals surface area contributed by atoms with Gasteiger partial charge < -0.3 is 10.3 Å². The number of benzene rings is 1. The Labute approximate surface area is 103 Å². The van der Waals surface area contributed by atoms with Crippen molar-refractivity contribution in [2.75, 3.05) is 5.73 Å². The number of para-hydroxylation sites is 2. The third-order valence-electron chi connectivity index (χ3n) is 3.10. The van der Waals surface area contributed by atoms with Gasteiger partial charge in [0.1, 0.15) is 0 Å². The largest absolute Gasteiger partial charge is 0.369 e. The summed E-state index contributed by atoms with van der Waals surface area (Å²) in [6, 6.07) is 8.13. The zero-order valence-electron chi connectivity index (χ0n) is 10.7. The lowest BCUT2D eigenvalue weighted by atomic mass is 10.1. The van der Waals surface area contributed by atoms with Gasteiger partial charge in [0.25, 0.3) is 0 Å². The Morgan fingerprint density at radius 2 is 2.00 bits per heavy atom. The van der Waals surface area contributed by atoms with Gasteiger partial charge in [0.15, 0.2) is 0 Å². The Morgan fingerprint density at radius 3 is 2.76 bits per heavy atom. The number of nitrogens with two attached hydrogens (primary N) is 1. The Balaban J connectivity index is 2.05. The third-order valence-corrected chi connectivity index (χ3v) is 3.10. The van der Waals surface area contributed by atoms with Gasteiger partial charge in [-0.05, 0) is 24.5 Å². The van der Waals surface area contributed by atoms with Crippen molar-refractivity contribution in [1.82, 2.24) is 9.55 Å². The minimum absolute atomic E-state index is 0.635. The van der Waals surface area contributed by atoms with Crippen LogP contribution in [0, 0.1) is 5.92 Å². The van der Waals surface area contributed by atoms with Crippen molar-refractivity contribution in [2.24, 2.45) is 5.92 Å². The van der Waals surface area contributed by atoms with Crippen LogP contribution in [0.15, 0.2) is 24.3 Å². The van der Waals surface area contributed by atoms with Crippen LogP contribution in [0.3, 0.4) is 0 Å². The van der Waals surface area contributed by atoms with Crippen LogP contribution in [0.2, 0.25) is 0 Å². The second kappa shape index (κ2) is 5.21. The highest BCUT2D eigenvalue weighted by Gasteiger charge is 2.06. The SMILES string of the molecule is CC(C)CCCCn1c(N)nc2ccccc21. The smallest absolute Gasteiger partial charge is 0.201 e. The number of imidazole rings is 1. The summed E-state index contributed by atoms with van der Waals surface area (Å²) in [5.41, 5.74) is 8.09. The maximum atomic E-state index is 5.95. The zero-order valence-corrected chi connectivity index (χ0v) is 10.7. The van der Waals surface area contributed by atoms with Crippen LogP contribution in [0.5, 0.6) is 0 Å². The second-order valence-corrected chi connectivity index (χ2v) is 5.00. The second-order valence-electron chi connectivity index (χ2n) is 5.00. The molecule has 0 bridgehead atoms. The van der Waals surface area contributed by atoms with E-state index in [0.717, 1.165) is 23.5 Å². The number of rotatable bonds is 5. The van der Waals surface area contributed by atoms with Crippen molar-refractivity contribution < 1.29 is 0 Å². The normalized spacial score (nSPS) is 11.5. The van der Waals surface area contributed by atoms with Crippen LogP contribution < -0.4 is 5.73 Å². The molecule has 0 aliphatic carbocycles. The van der Waals surface area contributed by atoms with E-state index >= 15 is 0 Å². The molecule has 2 N–H and O–H groups in total. The number of anilines is 1. The molecule has 1 heterocycles. The summed E-state index contributed by atoms with van der Waals surface area (Å²) in [5, 5.41) is 0. The van der Waals surface area contributed by atoms with E-state index in [0.29, 0.717) is 5.95 Å². The summed E-state index contributed by atoms with van der Waals surface area (Å²) in [6.45, 7) is 5.50. The van der Waals surface area contributed by atoms with E-state index in [1.165, 1.54) is 19.3 Å². The van der Waals surface area contributed by atoms with Gasteiger partial charge in [0.05, 0.1) is 11.0 Å². The lowest BCUT2D eigenvalue weighted by Gasteiger charge is -2.07. The lowest BCUT2D eigenvalue weighted by Crippen LogP contribution is -2.03. The van der Waals surface area contributed by atoms with E-state index in [1.807, 2.05) is 18.2 Å². The minimum atomic E-state index is 0.635. The monoisotopic (exact) mass is 231 g/mol. The highest BCUT2D eigenvalue weighted by Crippen LogP contribution is 2.18. The molecule has 3 heteroatoms. The number of nitrogen functional groups attached to an aromatic ring is 1. The molecule has 17 heavy (non-hydrogen) atoms. The van der Waals surface area contributed by atoms with Crippen molar-refractivity contribution in [3.63, 3.8) is 0 Å². The standard InChI is InChI=1S/C14H21N3/c1-11(2)7-5-6-10-17-13-9-4-3-8-12(13)16-14(17)15/h3-4,8-9,11H,5-7,10H2,1-2H3,(H2,15,16). The fourth-order valence-electron chi connectivity index (χ4n) is 2.15. The average molecular weight is 231 g/mol. The summed E-state index contributed by atoms with van der Waals surface area (Å²) in [4.78, 5) is 4.37. The summed E-state index contributed by atoms with van der Waals surface area (Å²) in [5.74, 6) is 1.42. The van der Waals surface area contributed by atoms with E-state index in [4.69, 9.17) is 5.73 Å². The summed E-state index contributed by atoms with van der Waals surface area (Å²) in [7, 11) is 0. The van der Waals surface area contributed by atoms with Crippen molar-refractivity contribution in [3.05, 3.63) is 24.3 Å². The van der Waals surface area contributed by atoms with Crippen LogP contribution in [-0.2, 0) is 6.54 Å². The predicted octanol–water partition coefficient (Wildman–Crippen LogP) is 3.44. The third kappa shape index (κ3) is 2.78. The first-order chi connectivity index (χ1) is 8.18. The molecule has 0 amide bonds. The molecule has 1 aromatic heterocycles. The van der Waals surface area contributed by atoms with Crippen LogP contribution in [0.1, 0.15) is 33.1 Å². The predicted molar refractivity (Wildman–Crippen MR) is 72.8 cm³/mol. The van der Waals surface area contributed by atoms with E-state index in [9.17, 15) is 0 Å². The molecule has 0 unspecified atom stereocenters. The minimum Gasteiger partial charge on any atom is -0.369 e. The van der Waals surface area contributed by atoms with E-state index in [-0.39, 0.29) is 0 Å². The Bertz CT molecular complexity index is 485. The van der Waals surface area contributed by atoms with Gasteiger partial charge in [-0.1, -0.05) is 38.8 Å². The molecule has 0 atom stereocenters. The molecule has 0 saturated heterocycles. The lowest BCUT2D eigenvalue weighted by molar-refractivity contribution is 0.514. The highest BCUT2D eigenvalue weighted by atomic mass is 15.1. The number of aryl methyl sites for hydroxylation is 1. The summed E-state index contributed by atoms with van der Waals surface area (Å²) >= 11 is 0. The van der Waals surface area contributed by atoms with Crippen molar-refractivity contribution in [3.8, 4) is 0 Å². The van der Waals surface area contributed by atoms with Crippen LogP contribution in [-0.4, -0.2) is 9.55 Å². The van der Waals surface area contributed by atoms with Gasteiger partial charge in [0, 0.05) is 6.54 Å². The molecule has 2 rings (SSSR count). The van der Waals surface area contributed by atoms with Crippen molar-refractivity contribution >= 4 is 17.0 Å². The highest BCUT2D eigenvalue weighted by molar-refractivity contribution is 5.78. The van der Waals surface area contributed by atoms with E-state index in [2.05, 4.69) is 29.5 Å². The van der Waals surface area contributed by atoms with Gasteiger partial charge in [-0.15, -0.1) is 0 Å². The summed E-state index contributed by atoms with van der Waals surface area (Å²) in [6.07, 6.45) is 3.71. The fraction of sp³-hybridized carbons (Fsp3) is 0.500. The number of nitrogens with zero attached hydrogens (tertiary/aromatic N) is 2. The van der Waals surface area contributed by atoms with Crippen molar-refractivity contribution in [1.29, 1.82) is 0 Å². The van der Waals surface area contributed by atoms with Gasteiger partial charge >= 0.3 is 0 Å². The van der Waals surface area contributed by atoms with Crippen molar-refractivity contribution in [2.45, 2.75) is 39.7 Å². The number of unbranched alkanes of at least 4 members (excludes halogenated alkanes) is 1. The molecular formula is C14H21N3. The molecule has 0 saturated carbocycles. The molecule has 0 fully saturated rings.